The molecule has 0 saturated carbocycles. The zero-order chi connectivity index (χ0) is 14.0. The number of rotatable bonds is 5. The van der Waals surface area contributed by atoms with Crippen LogP contribution in [0, 0.1) is 20.8 Å². The zero-order valence-electron chi connectivity index (χ0n) is 12.0. The predicted octanol–water partition coefficient (Wildman–Crippen LogP) is 2.54. The minimum atomic E-state index is 0.221. The molecule has 0 spiro atoms. The molecule has 0 fully saturated rings. The smallest absolute Gasteiger partial charge is 0.0628 e. The van der Waals surface area contributed by atoms with Gasteiger partial charge in [0.25, 0.3) is 0 Å². The molecule has 0 amide bonds. The molecule has 19 heavy (non-hydrogen) atoms. The van der Waals surface area contributed by atoms with Crippen molar-refractivity contribution in [1.29, 1.82) is 0 Å². The topological polar surface area (TPSA) is 55.9 Å². The molecule has 2 aromatic heterocycles. The molecule has 0 bridgehead atoms. The summed E-state index contributed by atoms with van der Waals surface area (Å²) < 4.78 is 1.95. The lowest BCUT2D eigenvalue weighted by Gasteiger charge is -2.15. The summed E-state index contributed by atoms with van der Waals surface area (Å²) in [5.74, 6) is 5.71. The first kappa shape index (κ1) is 14.2. The Morgan fingerprint density at radius 1 is 1.42 bits per heavy atom. The highest BCUT2D eigenvalue weighted by atomic mass is 32.1. The second-order valence-electron chi connectivity index (χ2n) is 5.00. The van der Waals surface area contributed by atoms with Crippen molar-refractivity contribution in [2.45, 2.75) is 39.7 Å². The lowest BCUT2D eigenvalue weighted by molar-refractivity contribution is 0.521. The third-order valence-corrected chi connectivity index (χ3v) is 4.89. The fraction of sp³-hybridized carbons (Fsp3) is 0.500. The van der Waals surface area contributed by atoms with Gasteiger partial charge in [0, 0.05) is 17.6 Å². The molecule has 5 heteroatoms. The van der Waals surface area contributed by atoms with E-state index in [9.17, 15) is 0 Å². The lowest BCUT2D eigenvalue weighted by Crippen LogP contribution is -2.28. The molecule has 0 aromatic carbocycles. The highest BCUT2D eigenvalue weighted by Gasteiger charge is 2.16. The van der Waals surface area contributed by atoms with E-state index in [4.69, 9.17) is 5.84 Å². The van der Waals surface area contributed by atoms with Crippen molar-refractivity contribution in [2.75, 3.05) is 0 Å². The largest absolute Gasteiger partial charge is 0.272 e. The molecule has 1 unspecified atom stereocenters. The third-order valence-electron chi connectivity index (χ3n) is 3.76. The second kappa shape index (κ2) is 5.86. The van der Waals surface area contributed by atoms with E-state index in [-0.39, 0.29) is 6.04 Å². The van der Waals surface area contributed by atoms with Crippen molar-refractivity contribution in [3.63, 3.8) is 0 Å². The molecule has 104 valence electrons. The summed E-state index contributed by atoms with van der Waals surface area (Å²) >= 11 is 1.77. The molecular formula is C14H22N4S. The van der Waals surface area contributed by atoms with Crippen LogP contribution in [0.2, 0.25) is 0 Å². The number of hydrogen-bond acceptors (Lipinski definition) is 4. The Labute approximate surface area is 118 Å². The summed E-state index contributed by atoms with van der Waals surface area (Å²) in [5, 5.41) is 6.58. The van der Waals surface area contributed by atoms with Crippen LogP contribution in [0.4, 0.5) is 0 Å². The van der Waals surface area contributed by atoms with Gasteiger partial charge in [-0.1, -0.05) is 0 Å². The fourth-order valence-electron chi connectivity index (χ4n) is 2.50. The minimum Gasteiger partial charge on any atom is -0.272 e. The van der Waals surface area contributed by atoms with Gasteiger partial charge in [0.1, 0.15) is 0 Å². The Hall–Kier alpha value is -1.17. The average Bonchev–Trinajstić information content (AvgIpc) is 2.89. The Bertz CT molecular complexity index is 556. The Balaban J connectivity index is 2.11. The van der Waals surface area contributed by atoms with E-state index in [0.717, 1.165) is 18.5 Å². The Morgan fingerprint density at radius 3 is 2.63 bits per heavy atom. The highest BCUT2D eigenvalue weighted by Crippen LogP contribution is 2.27. The molecule has 2 heterocycles. The summed E-state index contributed by atoms with van der Waals surface area (Å²) in [6.45, 7) is 6.33. The number of hydrazine groups is 1. The summed E-state index contributed by atoms with van der Waals surface area (Å²) in [4.78, 5) is 1.33. The summed E-state index contributed by atoms with van der Waals surface area (Å²) in [6, 6.07) is 2.37. The van der Waals surface area contributed by atoms with Gasteiger partial charge in [0.05, 0.1) is 11.7 Å². The van der Waals surface area contributed by atoms with Crippen molar-refractivity contribution >= 4 is 11.3 Å². The Morgan fingerprint density at radius 2 is 2.16 bits per heavy atom. The molecule has 3 N–H and O–H groups in total. The third kappa shape index (κ3) is 2.88. The fourth-order valence-corrected chi connectivity index (χ4v) is 3.52. The van der Waals surface area contributed by atoms with Crippen LogP contribution in [0.25, 0.3) is 0 Å². The molecule has 0 saturated heterocycles. The molecule has 0 aliphatic heterocycles. The van der Waals surface area contributed by atoms with Crippen molar-refractivity contribution in [2.24, 2.45) is 12.9 Å². The zero-order valence-corrected chi connectivity index (χ0v) is 12.8. The van der Waals surface area contributed by atoms with E-state index in [2.05, 4.69) is 42.7 Å². The molecule has 0 radical (unpaired) electrons. The molecule has 4 nitrogen and oxygen atoms in total. The van der Waals surface area contributed by atoms with E-state index in [1.807, 2.05) is 11.7 Å². The van der Waals surface area contributed by atoms with Gasteiger partial charge in [-0.15, -0.1) is 11.3 Å². The maximum absolute atomic E-state index is 5.71. The minimum absolute atomic E-state index is 0.221. The van der Waals surface area contributed by atoms with E-state index in [1.165, 1.54) is 21.7 Å². The van der Waals surface area contributed by atoms with E-state index in [1.54, 1.807) is 11.3 Å². The first-order chi connectivity index (χ1) is 9.04. The van der Waals surface area contributed by atoms with Crippen LogP contribution in [-0.2, 0) is 13.5 Å². The number of nitrogens with one attached hydrogen (secondary N) is 1. The van der Waals surface area contributed by atoms with Gasteiger partial charge in [0.15, 0.2) is 0 Å². The average molecular weight is 278 g/mol. The van der Waals surface area contributed by atoms with Gasteiger partial charge in [-0.3, -0.25) is 16.0 Å². The molecule has 1 atom stereocenters. The van der Waals surface area contributed by atoms with Crippen LogP contribution in [0.5, 0.6) is 0 Å². The molecule has 2 rings (SSSR count). The van der Waals surface area contributed by atoms with E-state index < -0.39 is 0 Å². The quantitative estimate of drug-likeness (QED) is 0.653. The summed E-state index contributed by atoms with van der Waals surface area (Å²) in [7, 11) is 1.99. The second-order valence-corrected chi connectivity index (χ2v) is 5.95. The van der Waals surface area contributed by atoms with Gasteiger partial charge in [-0.25, -0.2) is 0 Å². The van der Waals surface area contributed by atoms with Crippen LogP contribution >= 0.6 is 11.3 Å². The van der Waals surface area contributed by atoms with Crippen LogP contribution in [0.3, 0.4) is 0 Å². The number of nitrogens with zero attached hydrogens (tertiary/aromatic N) is 2. The standard InChI is InChI=1S/C14H22N4S/c1-9-7-8-19-14(9)13(16-15)6-5-12-10(2)17-18(4)11(12)3/h7-8,13,16H,5-6,15H2,1-4H3. The van der Waals surface area contributed by atoms with Gasteiger partial charge in [-0.2, -0.15) is 5.10 Å². The van der Waals surface area contributed by atoms with Crippen LogP contribution in [-0.4, -0.2) is 9.78 Å². The number of hydrogen-bond donors (Lipinski definition) is 2. The SMILES string of the molecule is Cc1ccsc1C(CCc1c(C)nn(C)c1C)NN. The summed E-state index contributed by atoms with van der Waals surface area (Å²) in [5.41, 5.74) is 7.97. The van der Waals surface area contributed by atoms with Gasteiger partial charge in [0.2, 0.25) is 0 Å². The van der Waals surface area contributed by atoms with Crippen molar-refractivity contribution in [3.8, 4) is 0 Å². The molecule has 0 aliphatic carbocycles. The maximum Gasteiger partial charge on any atom is 0.0628 e. The normalized spacial score (nSPS) is 12.9. The first-order valence-corrected chi connectivity index (χ1v) is 7.41. The number of nitrogens with two attached hydrogens (primary N) is 1. The summed E-state index contributed by atoms with van der Waals surface area (Å²) in [6.07, 6.45) is 1.99. The number of aromatic nitrogens is 2. The monoisotopic (exact) mass is 278 g/mol. The van der Waals surface area contributed by atoms with Crippen molar-refractivity contribution in [1.82, 2.24) is 15.2 Å². The number of aryl methyl sites for hydroxylation is 3. The van der Waals surface area contributed by atoms with E-state index >= 15 is 0 Å². The number of thiophene rings is 1. The highest BCUT2D eigenvalue weighted by molar-refractivity contribution is 7.10. The molecule has 0 aliphatic rings. The molecular weight excluding hydrogens is 256 g/mol. The van der Waals surface area contributed by atoms with Crippen molar-refractivity contribution < 1.29 is 0 Å². The van der Waals surface area contributed by atoms with Crippen LogP contribution in [0.1, 0.15) is 39.9 Å². The Kier molecular flexibility index (Phi) is 4.39. The predicted molar refractivity (Wildman–Crippen MR) is 80.1 cm³/mol. The van der Waals surface area contributed by atoms with Crippen LogP contribution < -0.4 is 11.3 Å². The first-order valence-electron chi connectivity index (χ1n) is 6.53. The van der Waals surface area contributed by atoms with Crippen molar-refractivity contribution in [3.05, 3.63) is 38.8 Å². The molecule has 2 aromatic rings. The van der Waals surface area contributed by atoms with Gasteiger partial charge >= 0.3 is 0 Å². The van der Waals surface area contributed by atoms with Gasteiger partial charge < -0.3 is 0 Å². The maximum atomic E-state index is 5.71. The lowest BCUT2D eigenvalue weighted by atomic mass is 10.0. The van der Waals surface area contributed by atoms with E-state index in [0.29, 0.717) is 0 Å². The van der Waals surface area contributed by atoms with Gasteiger partial charge in [-0.05, 0) is 56.2 Å². The van der Waals surface area contributed by atoms with Crippen LogP contribution in [0.15, 0.2) is 11.4 Å².